The van der Waals surface area contributed by atoms with Crippen molar-refractivity contribution in [1.82, 2.24) is 15.2 Å². The Morgan fingerprint density at radius 1 is 1.21 bits per heavy atom. The second-order valence-electron chi connectivity index (χ2n) is 6.27. The van der Waals surface area contributed by atoms with Gasteiger partial charge < -0.3 is 25.8 Å². The first-order valence-electron chi connectivity index (χ1n) is 8.99. The molecular weight excluding hydrogens is 364 g/mol. The van der Waals surface area contributed by atoms with Crippen LogP contribution in [0.1, 0.15) is 32.1 Å². The number of allylic oxidation sites excluding steroid dienone is 3. The van der Waals surface area contributed by atoms with Crippen LogP contribution in [-0.2, 0) is 14.4 Å². The summed E-state index contributed by atoms with van der Waals surface area (Å²) >= 11 is 0. The predicted octanol–water partition coefficient (Wildman–Crippen LogP) is 0.428. The molecule has 0 aliphatic rings. The largest absolute Gasteiger partial charge is 0.481 e. The number of aliphatic carboxylic acids is 1. The third-order valence-electron chi connectivity index (χ3n) is 3.90. The van der Waals surface area contributed by atoms with Crippen LogP contribution >= 0.6 is 0 Å². The van der Waals surface area contributed by atoms with Gasteiger partial charge in [-0.05, 0) is 37.5 Å². The molecule has 0 radical (unpaired) electrons. The first-order chi connectivity index (χ1) is 13.3. The van der Waals surface area contributed by atoms with Crippen LogP contribution in [0.25, 0.3) is 5.70 Å². The third kappa shape index (κ3) is 9.70. The molecule has 2 amide bonds. The highest BCUT2D eigenvalue weighted by atomic mass is 16.4. The molecule has 1 heterocycles. The summed E-state index contributed by atoms with van der Waals surface area (Å²) in [5, 5.41) is 23.9. The molecule has 28 heavy (non-hydrogen) atoms. The number of aliphatic hydroxyl groups excluding tert-OH is 1. The van der Waals surface area contributed by atoms with Crippen LogP contribution in [-0.4, -0.2) is 51.4 Å². The summed E-state index contributed by atoms with van der Waals surface area (Å²) in [6, 6.07) is 2.96. The summed E-state index contributed by atoms with van der Waals surface area (Å²) in [7, 11) is 0. The molecule has 0 fully saturated rings. The van der Waals surface area contributed by atoms with E-state index in [1.165, 1.54) is 0 Å². The van der Waals surface area contributed by atoms with Gasteiger partial charge >= 0.3 is 5.97 Å². The predicted molar refractivity (Wildman–Crippen MR) is 105 cm³/mol. The summed E-state index contributed by atoms with van der Waals surface area (Å²) < 4.78 is 1.87. The Balaban J connectivity index is 2.40. The van der Waals surface area contributed by atoms with Crippen molar-refractivity contribution in [3.05, 3.63) is 43.3 Å². The summed E-state index contributed by atoms with van der Waals surface area (Å²) in [6.07, 6.45) is 7.52. The second-order valence-corrected chi connectivity index (χ2v) is 6.27. The van der Waals surface area contributed by atoms with E-state index in [0.717, 1.165) is 5.70 Å². The molecule has 1 rings (SSSR count). The van der Waals surface area contributed by atoms with E-state index in [1.807, 2.05) is 41.2 Å². The summed E-state index contributed by atoms with van der Waals surface area (Å²) in [6.45, 7) is 3.65. The summed E-state index contributed by atoms with van der Waals surface area (Å²) in [4.78, 5) is 33.6. The minimum atomic E-state index is -1.28. The Morgan fingerprint density at radius 3 is 2.50 bits per heavy atom. The van der Waals surface area contributed by atoms with E-state index in [1.54, 1.807) is 0 Å². The Morgan fingerprint density at radius 2 is 1.89 bits per heavy atom. The molecule has 0 bridgehead atoms. The molecule has 6 N–H and O–H groups in total. The van der Waals surface area contributed by atoms with Crippen LogP contribution in [0.4, 0.5) is 0 Å². The lowest BCUT2D eigenvalue weighted by Crippen LogP contribution is -2.51. The molecule has 0 aliphatic carbocycles. The smallest absolute Gasteiger partial charge is 0.303 e. The topological polar surface area (TPSA) is 147 Å². The van der Waals surface area contributed by atoms with Gasteiger partial charge in [0, 0.05) is 30.9 Å². The van der Waals surface area contributed by atoms with Crippen molar-refractivity contribution in [3.63, 3.8) is 0 Å². The van der Waals surface area contributed by atoms with Gasteiger partial charge in [-0.2, -0.15) is 0 Å². The number of aliphatic hydroxyl groups is 1. The number of amides is 2. The number of carbonyl (C=O) groups excluding carboxylic acids is 2. The highest BCUT2D eigenvalue weighted by Crippen LogP contribution is 2.07. The lowest BCUT2D eigenvalue weighted by atomic mass is 10.1. The van der Waals surface area contributed by atoms with E-state index < -0.39 is 24.1 Å². The van der Waals surface area contributed by atoms with Crippen molar-refractivity contribution in [2.75, 3.05) is 6.54 Å². The van der Waals surface area contributed by atoms with Gasteiger partial charge in [0.1, 0.15) is 6.23 Å². The van der Waals surface area contributed by atoms with Crippen molar-refractivity contribution >= 4 is 23.5 Å². The molecule has 9 heteroatoms. The maximum absolute atomic E-state index is 12.1. The van der Waals surface area contributed by atoms with E-state index in [4.69, 9.17) is 10.8 Å². The molecule has 0 saturated carbocycles. The van der Waals surface area contributed by atoms with E-state index in [0.29, 0.717) is 12.8 Å². The first-order valence-corrected chi connectivity index (χ1v) is 8.99. The lowest BCUT2D eigenvalue weighted by molar-refractivity contribution is -0.138. The van der Waals surface area contributed by atoms with Gasteiger partial charge in [-0.3, -0.25) is 19.7 Å². The number of nitrogens with zero attached hydrogens (tertiary/aromatic N) is 1. The number of rotatable bonds is 14. The molecule has 154 valence electrons. The highest BCUT2D eigenvalue weighted by molar-refractivity contribution is 5.77. The quantitative estimate of drug-likeness (QED) is 0.176. The number of hydrogen-bond acceptors (Lipinski definition) is 5. The zero-order valence-electron chi connectivity index (χ0n) is 15.7. The van der Waals surface area contributed by atoms with Gasteiger partial charge in [-0.25, -0.2) is 0 Å². The van der Waals surface area contributed by atoms with Crippen molar-refractivity contribution in [2.45, 2.75) is 44.4 Å². The van der Waals surface area contributed by atoms with Crippen LogP contribution in [0.2, 0.25) is 0 Å². The Bertz CT molecular complexity index is 685. The van der Waals surface area contributed by atoms with Crippen LogP contribution in [0.15, 0.2) is 43.3 Å². The van der Waals surface area contributed by atoms with E-state index in [2.05, 4.69) is 17.2 Å². The van der Waals surface area contributed by atoms with Crippen LogP contribution in [0.5, 0.6) is 0 Å². The number of unbranched alkanes of at least 4 members (excludes halogenated alkanes) is 1. The number of nitrogens with one attached hydrogen (secondary N) is 2. The van der Waals surface area contributed by atoms with Crippen LogP contribution < -0.4 is 16.4 Å². The van der Waals surface area contributed by atoms with Gasteiger partial charge in [-0.15, -0.1) is 0 Å². The molecule has 1 aromatic rings. The Hall–Kier alpha value is -2.91. The molecular formula is C19H28N4O5. The number of carboxylic acid groups (broad SMARTS) is 1. The molecule has 0 aromatic carbocycles. The number of primary amides is 1. The Kier molecular flexibility index (Phi) is 10.3. The molecule has 0 spiro atoms. The first kappa shape index (κ1) is 23.1. The normalized spacial score (nSPS) is 13.2. The molecule has 2 unspecified atom stereocenters. The number of hydrogen-bond donors (Lipinski definition) is 5. The fourth-order valence-electron chi connectivity index (χ4n) is 2.43. The fourth-order valence-corrected chi connectivity index (χ4v) is 2.43. The van der Waals surface area contributed by atoms with Crippen molar-refractivity contribution < 1.29 is 24.6 Å². The number of aromatic nitrogens is 1. The SMILES string of the molecule is C=C(/C=C\CCCC(=O)NC(CCC(=O)O)C(O)NCC(N)=O)n1cccc1. The van der Waals surface area contributed by atoms with Gasteiger partial charge in [0.25, 0.3) is 0 Å². The summed E-state index contributed by atoms with van der Waals surface area (Å²) in [5.41, 5.74) is 5.81. The van der Waals surface area contributed by atoms with Crippen LogP contribution in [0.3, 0.4) is 0 Å². The fraction of sp³-hybridized carbons (Fsp3) is 0.421. The maximum atomic E-state index is 12.1. The standard InChI is InChI=1S/C19H28N4O5/c1-14(23-11-5-6-12-23)7-3-2-4-8-17(25)22-15(9-10-18(26)27)19(28)21-13-16(20)24/h3,5-7,11-12,15,19,21,28H,1-2,4,8-10,13H2,(H2,20,24)(H,22,25)(H,26,27)/b7-3-. The second kappa shape index (κ2) is 12.5. The summed E-state index contributed by atoms with van der Waals surface area (Å²) in [5.74, 6) is -2.03. The Labute approximate surface area is 163 Å². The van der Waals surface area contributed by atoms with E-state index >= 15 is 0 Å². The van der Waals surface area contributed by atoms with Crippen LogP contribution in [0, 0.1) is 0 Å². The molecule has 1 aromatic heterocycles. The minimum Gasteiger partial charge on any atom is -0.481 e. The van der Waals surface area contributed by atoms with E-state index in [-0.39, 0.29) is 31.7 Å². The van der Waals surface area contributed by atoms with Crippen molar-refractivity contribution in [2.24, 2.45) is 5.73 Å². The third-order valence-corrected chi connectivity index (χ3v) is 3.90. The number of carboxylic acids is 1. The monoisotopic (exact) mass is 392 g/mol. The molecule has 9 nitrogen and oxygen atoms in total. The zero-order chi connectivity index (χ0) is 20.9. The average Bonchev–Trinajstić information content (AvgIpc) is 3.17. The molecule has 0 saturated heterocycles. The van der Waals surface area contributed by atoms with E-state index in [9.17, 15) is 19.5 Å². The maximum Gasteiger partial charge on any atom is 0.303 e. The van der Waals surface area contributed by atoms with Gasteiger partial charge in [0.15, 0.2) is 0 Å². The number of nitrogens with two attached hydrogens (primary N) is 1. The van der Waals surface area contributed by atoms with Gasteiger partial charge in [-0.1, -0.05) is 12.7 Å². The lowest BCUT2D eigenvalue weighted by Gasteiger charge is -2.24. The highest BCUT2D eigenvalue weighted by Gasteiger charge is 2.22. The number of carbonyl (C=O) groups is 3. The average molecular weight is 392 g/mol. The molecule has 2 atom stereocenters. The van der Waals surface area contributed by atoms with Crippen molar-refractivity contribution in [3.8, 4) is 0 Å². The zero-order valence-corrected chi connectivity index (χ0v) is 15.7. The minimum absolute atomic E-state index is 0.0185. The molecule has 0 aliphatic heterocycles. The van der Waals surface area contributed by atoms with Gasteiger partial charge in [0.05, 0.1) is 12.6 Å². The van der Waals surface area contributed by atoms with Gasteiger partial charge in [0.2, 0.25) is 11.8 Å². The van der Waals surface area contributed by atoms with Crippen molar-refractivity contribution in [1.29, 1.82) is 0 Å².